The minimum Gasteiger partial charge on any atom is -0.337 e. The summed E-state index contributed by atoms with van der Waals surface area (Å²) in [6.07, 6.45) is -2.95. The molecule has 1 aromatic heterocycles. The van der Waals surface area contributed by atoms with Crippen molar-refractivity contribution in [3.63, 3.8) is 0 Å². The number of nitrogens with zero attached hydrogens (tertiary/aromatic N) is 5. The molecule has 0 bridgehead atoms. The summed E-state index contributed by atoms with van der Waals surface area (Å²) in [5.74, 6) is -0.630. The van der Waals surface area contributed by atoms with Crippen LogP contribution < -0.4 is 0 Å². The third kappa shape index (κ3) is 4.82. The van der Waals surface area contributed by atoms with E-state index in [9.17, 15) is 18.0 Å². The van der Waals surface area contributed by atoms with Gasteiger partial charge in [-0.2, -0.15) is 23.5 Å². The van der Waals surface area contributed by atoms with Crippen LogP contribution in [-0.2, 0) is 12.7 Å². The van der Waals surface area contributed by atoms with Crippen molar-refractivity contribution in [3.05, 3.63) is 52.8 Å². The normalized spacial score (nSPS) is 15.8. The lowest BCUT2D eigenvalue weighted by Crippen LogP contribution is -2.36. The van der Waals surface area contributed by atoms with Gasteiger partial charge in [-0.1, -0.05) is 12.1 Å². The fourth-order valence-corrected chi connectivity index (χ4v) is 3.64. The van der Waals surface area contributed by atoms with Crippen LogP contribution in [0.15, 0.2) is 30.5 Å². The van der Waals surface area contributed by atoms with E-state index < -0.39 is 29.4 Å². The number of halogens is 3. The lowest BCUT2D eigenvalue weighted by Gasteiger charge is -2.23. The highest BCUT2D eigenvalue weighted by molar-refractivity contribution is 5.95. The van der Waals surface area contributed by atoms with Crippen molar-refractivity contribution in [3.8, 4) is 6.07 Å². The molecule has 2 aromatic rings. The number of alkyl halides is 3. The molecule has 1 saturated heterocycles. The predicted octanol–water partition coefficient (Wildman–Crippen LogP) is 3.70. The number of aromatic nitrogens is 2. The Hall–Kier alpha value is -2.86. The van der Waals surface area contributed by atoms with Crippen LogP contribution in [-0.4, -0.2) is 51.7 Å². The number of benzene rings is 1. The van der Waals surface area contributed by atoms with Gasteiger partial charge in [-0.3, -0.25) is 14.4 Å². The lowest BCUT2D eigenvalue weighted by atomic mass is 10.1. The number of nitriles is 1. The van der Waals surface area contributed by atoms with Gasteiger partial charge in [-0.05, 0) is 38.0 Å². The van der Waals surface area contributed by atoms with Crippen LogP contribution in [0, 0.1) is 11.3 Å². The van der Waals surface area contributed by atoms with Gasteiger partial charge in [0.25, 0.3) is 5.91 Å². The van der Waals surface area contributed by atoms with E-state index in [1.807, 2.05) is 12.1 Å². The number of hydrogen-bond donors (Lipinski definition) is 0. The third-order valence-corrected chi connectivity index (χ3v) is 5.15. The van der Waals surface area contributed by atoms with Crippen molar-refractivity contribution in [2.24, 2.45) is 0 Å². The predicted molar refractivity (Wildman–Crippen MR) is 105 cm³/mol. The molecule has 160 valence electrons. The Labute approximate surface area is 173 Å². The Balaban J connectivity index is 1.71. The highest BCUT2D eigenvalue weighted by atomic mass is 19.4. The molecule has 1 amide bonds. The van der Waals surface area contributed by atoms with E-state index in [-0.39, 0.29) is 0 Å². The van der Waals surface area contributed by atoms with Gasteiger partial charge in [-0.15, -0.1) is 0 Å². The molecule has 0 radical (unpaired) electrons. The summed E-state index contributed by atoms with van der Waals surface area (Å²) in [5, 5.41) is 12.7. The maximum Gasteiger partial charge on any atom is 0.433 e. The Morgan fingerprint density at radius 1 is 1.17 bits per heavy atom. The molecule has 0 saturated carbocycles. The molecule has 6 nitrogen and oxygen atoms in total. The van der Waals surface area contributed by atoms with Gasteiger partial charge in [0.1, 0.15) is 0 Å². The van der Waals surface area contributed by atoms with Crippen LogP contribution in [0.2, 0.25) is 0 Å². The summed E-state index contributed by atoms with van der Waals surface area (Å²) >= 11 is 0. The first kappa shape index (κ1) is 21.8. The largest absolute Gasteiger partial charge is 0.433 e. The number of rotatable bonds is 4. The molecule has 2 heterocycles. The number of carbonyl (C=O) groups excluding carboxylic acids is 1. The van der Waals surface area contributed by atoms with E-state index in [4.69, 9.17) is 5.26 Å². The van der Waals surface area contributed by atoms with Crippen LogP contribution in [0.25, 0.3) is 0 Å². The van der Waals surface area contributed by atoms with Crippen LogP contribution in [0.3, 0.4) is 0 Å². The van der Waals surface area contributed by atoms with Crippen molar-refractivity contribution >= 4 is 5.91 Å². The van der Waals surface area contributed by atoms with Crippen molar-refractivity contribution < 1.29 is 18.0 Å². The topological polar surface area (TPSA) is 65.2 Å². The van der Waals surface area contributed by atoms with E-state index in [1.54, 1.807) is 26.0 Å². The summed E-state index contributed by atoms with van der Waals surface area (Å²) in [5.41, 5.74) is 0.262. The fraction of sp³-hybridized carbons (Fsp3) is 0.476. The molecule has 0 N–H and O–H groups in total. The van der Waals surface area contributed by atoms with Crippen LogP contribution in [0.1, 0.15) is 53.5 Å². The van der Waals surface area contributed by atoms with Crippen LogP contribution in [0.4, 0.5) is 13.2 Å². The first-order valence-electron chi connectivity index (χ1n) is 9.86. The maximum atomic E-state index is 13.6. The second kappa shape index (κ2) is 8.88. The number of hydrogen-bond acceptors (Lipinski definition) is 4. The summed E-state index contributed by atoms with van der Waals surface area (Å²) in [4.78, 5) is 16.6. The van der Waals surface area contributed by atoms with Crippen molar-refractivity contribution in [2.75, 3.05) is 26.2 Å². The zero-order valence-corrected chi connectivity index (χ0v) is 17.0. The third-order valence-electron chi connectivity index (χ3n) is 5.15. The molecular formula is C21H24F3N5O. The smallest absolute Gasteiger partial charge is 0.337 e. The van der Waals surface area contributed by atoms with Gasteiger partial charge in [0, 0.05) is 38.8 Å². The highest BCUT2D eigenvalue weighted by Gasteiger charge is 2.41. The Kier molecular flexibility index (Phi) is 6.46. The van der Waals surface area contributed by atoms with E-state index in [0.717, 1.165) is 23.0 Å². The second-order valence-corrected chi connectivity index (χ2v) is 7.67. The van der Waals surface area contributed by atoms with Gasteiger partial charge >= 0.3 is 6.18 Å². The van der Waals surface area contributed by atoms with Gasteiger partial charge in [0.2, 0.25) is 0 Å². The monoisotopic (exact) mass is 419 g/mol. The molecule has 0 spiro atoms. The molecule has 3 rings (SSSR count). The summed E-state index contributed by atoms with van der Waals surface area (Å²) in [6, 6.07) is 8.87. The highest BCUT2D eigenvalue weighted by Crippen LogP contribution is 2.34. The molecular weight excluding hydrogens is 395 g/mol. The van der Waals surface area contributed by atoms with Gasteiger partial charge in [0.05, 0.1) is 23.4 Å². The molecule has 0 unspecified atom stereocenters. The first-order valence-corrected chi connectivity index (χ1v) is 9.86. The Bertz CT molecular complexity index is 928. The Morgan fingerprint density at radius 2 is 1.87 bits per heavy atom. The van der Waals surface area contributed by atoms with Crippen molar-refractivity contribution in [1.29, 1.82) is 5.26 Å². The molecule has 0 aliphatic carbocycles. The summed E-state index contributed by atoms with van der Waals surface area (Å²) in [7, 11) is 0. The maximum absolute atomic E-state index is 13.6. The summed E-state index contributed by atoms with van der Waals surface area (Å²) in [6.45, 7) is 5.90. The number of amides is 1. The van der Waals surface area contributed by atoms with Crippen LogP contribution in [0.5, 0.6) is 0 Å². The molecule has 1 fully saturated rings. The second-order valence-electron chi connectivity index (χ2n) is 7.67. The zero-order valence-electron chi connectivity index (χ0n) is 17.0. The zero-order chi connectivity index (χ0) is 21.9. The van der Waals surface area contributed by atoms with E-state index in [0.29, 0.717) is 38.2 Å². The average molecular weight is 419 g/mol. The molecule has 1 aliphatic rings. The van der Waals surface area contributed by atoms with Gasteiger partial charge < -0.3 is 4.90 Å². The summed E-state index contributed by atoms with van der Waals surface area (Å²) < 4.78 is 41.7. The number of carbonyl (C=O) groups is 1. The SMILES string of the molecule is CC(C)n1ncc(C(=O)N2CCCN(Cc3ccc(C#N)cc3)CC2)c1C(F)(F)F. The first-order chi connectivity index (χ1) is 14.2. The molecule has 1 aromatic carbocycles. The quantitative estimate of drug-likeness (QED) is 0.758. The van der Waals surface area contributed by atoms with Gasteiger partial charge in [0.15, 0.2) is 5.69 Å². The molecule has 9 heteroatoms. The van der Waals surface area contributed by atoms with Crippen LogP contribution >= 0.6 is 0 Å². The average Bonchev–Trinajstić information content (AvgIpc) is 3.04. The van der Waals surface area contributed by atoms with E-state index in [1.165, 1.54) is 4.90 Å². The standard InChI is InChI=1S/C21H24F3N5O/c1-15(2)29-19(21(22,23)24)18(13-26-29)20(30)28-9-3-8-27(10-11-28)14-17-6-4-16(12-25)5-7-17/h4-7,13,15H,3,8-11,14H2,1-2H3. The van der Waals surface area contributed by atoms with Gasteiger partial charge in [-0.25, -0.2) is 0 Å². The molecule has 0 atom stereocenters. The van der Waals surface area contributed by atoms with Crippen molar-refractivity contribution in [1.82, 2.24) is 19.6 Å². The van der Waals surface area contributed by atoms with E-state index >= 15 is 0 Å². The fourth-order valence-electron chi connectivity index (χ4n) is 3.64. The Morgan fingerprint density at radius 3 is 2.47 bits per heavy atom. The molecule has 30 heavy (non-hydrogen) atoms. The lowest BCUT2D eigenvalue weighted by molar-refractivity contribution is -0.145. The minimum atomic E-state index is -4.65. The molecule has 1 aliphatic heterocycles. The van der Waals surface area contributed by atoms with E-state index in [2.05, 4.69) is 16.1 Å². The minimum absolute atomic E-state index is 0.346. The van der Waals surface area contributed by atoms with Crippen molar-refractivity contribution in [2.45, 2.75) is 39.0 Å².